The van der Waals surface area contributed by atoms with Crippen molar-refractivity contribution in [1.82, 2.24) is 0 Å². The summed E-state index contributed by atoms with van der Waals surface area (Å²) in [5.74, 6) is -0.233. The molecule has 2 nitrogen and oxygen atoms in total. The molecule has 0 unspecified atom stereocenters. The highest BCUT2D eigenvalue weighted by molar-refractivity contribution is 6.07. The van der Waals surface area contributed by atoms with Crippen LogP contribution in [0.3, 0.4) is 0 Å². The topological polar surface area (TPSA) is 17.0 Å². The van der Waals surface area contributed by atoms with Crippen LogP contribution in [-0.2, 0) is 7.05 Å². The second kappa shape index (κ2) is 4.92. The van der Waals surface area contributed by atoms with Crippen LogP contribution < -0.4 is 4.57 Å². The molecule has 2 aromatic heterocycles. The zero-order valence-corrected chi connectivity index (χ0v) is 13.4. The molecule has 0 atom stereocenters. The Hall–Kier alpha value is -2.68. The number of fused-ring (bicyclic) bond motifs is 3. The Balaban J connectivity index is 2.07. The molecule has 2 aromatic carbocycles. The van der Waals surface area contributed by atoms with Crippen molar-refractivity contribution in [1.29, 1.82) is 0 Å². The van der Waals surface area contributed by atoms with Gasteiger partial charge in [-0.25, -0.2) is 8.96 Å². The summed E-state index contributed by atoms with van der Waals surface area (Å²) in [7, 11) is 2.02. The fourth-order valence-corrected chi connectivity index (χ4v) is 3.18. The molecular weight excluding hydrogens is 289 g/mol. The maximum Gasteiger partial charge on any atom is 0.212 e. The molecule has 0 aliphatic rings. The number of rotatable bonds is 1. The molecule has 0 saturated heterocycles. The number of hydrogen-bond acceptors (Lipinski definition) is 1. The van der Waals surface area contributed by atoms with Crippen molar-refractivity contribution in [2.45, 2.75) is 13.8 Å². The molecule has 0 saturated carbocycles. The Bertz CT molecular complexity index is 1060. The maximum atomic E-state index is 13.8. The van der Waals surface area contributed by atoms with E-state index in [2.05, 4.69) is 29.7 Å². The van der Waals surface area contributed by atoms with Gasteiger partial charge in [-0.15, -0.1) is 0 Å². The molecule has 0 radical (unpaired) electrons. The van der Waals surface area contributed by atoms with Crippen LogP contribution in [0, 0.1) is 19.7 Å². The van der Waals surface area contributed by atoms with Crippen molar-refractivity contribution in [2.24, 2.45) is 7.05 Å². The molecule has 0 aliphatic carbocycles. The minimum Gasteiger partial charge on any atom is -0.456 e. The number of halogens is 1. The lowest BCUT2D eigenvalue weighted by Crippen LogP contribution is -2.30. The van der Waals surface area contributed by atoms with E-state index < -0.39 is 0 Å². The second-order valence-corrected chi connectivity index (χ2v) is 6.01. The largest absolute Gasteiger partial charge is 0.456 e. The first-order chi connectivity index (χ1) is 11.1. The minimum absolute atomic E-state index is 0.233. The summed E-state index contributed by atoms with van der Waals surface area (Å²) in [5.41, 5.74) is 5.40. The number of furan rings is 1. The normalized spacial score (nSPS) is 11.5. The van der Waals surface area contributed by atoms with E-state index in [1.54, 1.807) is 13.0 Å². The van der Waals surface area contributed by atoms with Crippen LogP contribution >= 0.6 is 0 Å². The minimum atomic E-state index is -0.233. The highest BCUT2D eigenvalue weighted by Gasteiger charge is 2.17. The van der Waals surface area contributed by atoms with E-state index in [1.807, 2.05) is 25.4 Å². The number of aryl methyl sites for hydroxylation is 3. The van der Waals surface area contributed by atoms with Crippen molar-refractivity contribution in [3.8, 4) is 11.3 Å². The quantitative estimate of drug-likeness (QED) is 0.460. The predicted molar refractivity (Wildman–Crippen MR) is 89.8 cm³/mol. The summed E-state index contributed by atoms with van der Waals surface area (Å²) in [6.45, 7) is 3.85. The molecule has 4 aromatic rings. The Morgan fingerprint density at radius 1 is 1.00 bits per heavy atom. The molecule has 0 spiro atoms. The lowest BCUT2D eigenvalue weighted by Gasteiger charge is -2.04. The van der Waals surface area contributed by atoms with Crippen molar-refractivity contribution >= 4 is 21.9 Å². The van der Waals surface area contributed by atoms with E-state index in [0.29, 0.717) is 11.1 Å². The van der Waals surface area contributed by atoms with Gasteiger partial charge < -0.3 is 4.42 Å². The Labute approximate surface area is 133 Å². The lowest BCUT2D eigenvalue weighted by molar-refractivity contribution is -0.660. The van der Waals surface area contributed by atoms with Gasteiger partial charge in [-0.1, -0.05) is 0 Å². The first-order valence-corrected chi connectivity index (χ1v) is 7.63. The average Bonchev–Trinajstić information content (AvgIpc) is 2.89. The van der Waals surface area contributed by atoms with Crippen molar-refractivity contribution in [2.75, 3.05) is 0 Å². The van der Waals surface area contributed by atoms with E-state index in [-0.39, 0.29) is 5.82 Å². The van der Waals surface area contributed by atoms with Crippen LogP contribution in [0.4, 0.5) is 4.39 Å². The van der Waals surface area contributed by atoms with E-state index in [0.717, 1.165) is 27.6 Å². The van der Waals surface area contributed by atoms with E-state index in [9.17, 15) is 4.39 Å². The van der Waals surface area contributed by atoms with Gasteiger partial charge >= 0.3 is 0 Å². The van der Waals surface area contributed by atoms with Crippen LogP contribution in [-0.4, -0.2) is 0 Å². The third-order valence-electron chi connectivity index (χ3n) is 4.50. The summed E-state index contributed by atoms with van der Waals surface area (Å²) in [6.07, 6.45) is 2.02. The van der Waals surface area contributed by atoms with Gasteiger partial charge in [0, 0.05) is 28.5 Å². The smallest absolute Gasteiger partial charge is 0.212 e. The monoisotopic (exact) mass is 306 g/mol. The summed E-state index contributed by atoms with van der Waals surface area (Å²) in [6, 6.07) is 13.6. The number of aromatic nitrogens is 1. The summed E-state index contributed by atoms with van der Waals surface area (Å²) < 4.78 is 21.8. The second-order valence-electron chi connectivity index (χ2n) is 6.01. The highest BCUT2D eigenvalue weighted by Crippen LogP contribution is 2.35. The molecule has 0 fully saturated rings. The fraction of sp³-hybridized carbons (Fsp3) is 0.150. The van der Waals surface area contributed by atoms with Gasteiger partial charge in [-0.2, -0.15) is 0 Å². The molecule has 0 bridgehead atoms. The summed E-state index contributed by atoms with van der Waals surface area (Å²) in [4.78, 5) is 0. The fourth-order valence-electron chi connectivity index (χ4n) is 3.18. The van der Waals surface area contributed by atoms with Gasteiger partial charge in [0.05, 0.1) is 5.56 Å². The summed E-state index contributed by atoms with van der Waals surface area (Å²) >= 11 is 0. The van der Waals surface area contributed by atoms with Gasteiger partial charge in [-0.3, -0.25) is 0 Å². The standard InChI is InChI=1S/C20H17FNO/c1-12-10-16-14-7-8-17(21)13(2)20(14)23-19(16)11-15(12)18-6-4-5-9-22(18)3/h4-11H,1-3H3/q+1. The third kappa shape index (κ3) is 2.04. The average molecular weight is 306 g/mol. The van der Waals surface area contributed by atoms with Crippen molar-refractivity contribution < 1.29 is 13.4 Å². The highest BCUT2D eigenvalue weighted by atomic mass is 19.1. The van der Waals surface area contributed by atoms with Gasteiger partial charge in [0.2, 0.25) is 5.69 Å². The maximum absolute atomic E-state index is 13.8. The molecule has 0 N–H and O–H groups in total. The van der Waals surface area contributed by atoms with Gasteiger partial charge in [0.15, 0.2) is 6.20 Å². The van der Waals surface area contributed by atoms with Crippen LogP contribution in [0.25, 0.3) is 33.2 Å². The lowest BCUT2D eigenvalue weighted by atomic mass is 10.0. The van der Waals surface area contributed by atoms with Crippen LogP contribution in [0.2, 0.25) is 0 Å². The molecule has 0 amide bonds. The number of hydrogen-bond donors (Lipinski definition) is 0. The van der Waals surface area contributed by atoms with E-state index in [1.165, 1.54) is 11.6 Å². The molecule has 3 heteroatoms. The number of nitrogens with zero attached hydrogens (tertiary/aromatic N) is 1. The predicted octanol–water partition coefficient (Wildman–Crippen LogP) is 4.83. The van der Waals surface area contributed by atoms with E-state index in [4.69, 9.17) is 4.42 Å². The Morgan fingerprint density at radius 2 is 1.83 bits per heavy atom. The first kappa shape index (κ1) is 13.9. The van der Waals surface area contributed by atoms with Crippen LogP contribution in [0.5, 0.6) is 0 Å². The molecular formula is C20H17FNO+. The zero-order valence-electron chi connectivity index (χ0n) is 13.4. The molecule has 114 valence electrons. The van der Waals surface area contributed by atoms with Gasteiger partial charge in [0.25, 0.3) is 0 Å². The van der Waals surface area contributed by atoms with Crippen molar-refractivity contribution in [3.05, 3.63) is 65.6 Å². The molecule has 23 heavy (non-hydrogen) atoms. The van der Waals surface area contributed by atoms with Crippen LogP contribution in [0.1, 0.15) is 11.1 Å². The summed E-state index contributed by atoms with van der Waals surface area (Å²) in [5, 5.41) is 1.99. The van der Waals surface area contributed by atoms with Crippen molar-refractivity contribution in [3.63, 3.8) is 0 Å². The SMILES string of the molecule is Cc1cc2c(cc1-c1cccc[n+]1C)oc1c(C)c(F)ccc12. The van der Waals surface area contributed by atoms with Crippen LogP contribution in [0.15, 0.2) is 53.1 Å². The molecule has 0 aliphatic heterocycles. The number of benzene rings is 2. The third-order valence-corrected chi connectivity index (χ3v) is 4.50. The Kier molecular flexibility index (Phi) is 2.98. The van der Waals surface area contributed by atoms with E-state index >= 15 is 0 Å². The zero-order chi connectivity index (χ0) is 16.1. The molecule has 2 heterocycles. The number of pyridine rings is 1. The Morgan fingerprint density at radius 3 is 2.61 bits per heavy atom. The first-order valence-electron chi connectivity index (χ1n) is 7.63. The van der Waals surface area contributed by atoms with Gasteiger partial charge in [0.1, 0.15) is 24.0 Å². The van der Waals surface area contributed by atoms with Gasteiger partial charge in [-0.05, 0) is 49.7 Å². The molecule has 4 rings (SSSR count).